The fraction of sp³-hybridized carbons (Fsp3) is 0.500. The Morgan fingerprint density at radius 2 is 1.58 bits per heavy atom. The number of rotatable bonds is 10. The smallest absolute Gasteiger partial charge is 0.340 e. The SMILES string of the molecule is O=C(CCCC(=O)OCC(F)(F)C(F)F)OCCc1ccccc1. The molecular weight excluding hydrogens is 332 g/mol. The van der Waals surface area contributed by atoms with E-state index in [9.17, 15) is 27.2 Å². The van der Waals surface area contributed by atoms with Gasteiger partial charge < -0.3 is 9.47 Å². The van der Waals surface area contributed by atoms with Crippen molar-refractivity contribution in [3.8, 4) is 0 Å². The van der Waals surface area contributed by atoms with Crippen LogP contribution in [0.4, 0.5) is 17.6 Å². The Morgan fingerprint density at radius 3 is 2.17 bits per heavy atom. The first-order valence-corrected chi connectivity index (χ1v) is 7.32. The predicted octanol–water partition coefficient (Wildman–Crippen LogP) is 3.39. The summed E-state index contributed by atoms with van der Waals surface area (Å²) in [7, 11) is 0. The van der Waals surface area contributed by atoms with E-state index in [1.54, 1.807) is 0 Å². The second-order valence-corrected chi connectivity index (χ2v) is 5.03. The molecule has 1 rings (SSSR count). The molecule has 0 aliphatic rings. The van der Waals surface area contributed by atoms with E-state index < -0.39 is 30.9 Å². The van der Waals surface area contributed by atoms with Gasteiger partial charge in [0.05, 0.1) is 6.61 Å². The Hall–Kier alpha value is -2.12. The minimum atomic E-state index is -4.37. The highest BCUT2D eigenvalue weighted by Crippen LogP contribution is 2.23. The maximum atomic E-state index is 12.5. The molecule has 0 amide bonds. The first-order chi connectivity index (χ1) is 11.3. The van der Waals surface area contributed by atoms with E-state index in [0.29, 0.717) is 6.42 Å². The molecule has 8 heteroatoms. The van der Waals surface area contributed by atoms with Crippen LogP contribution in [0.2, 0.25) is 0 Å². The number of carbonyl (C=O) groups is 2. The zero-order valence-corrected chi connectivity index (χ0v) is 12.9. The summed E-state index contributed by atoms with van der Waals surface area (Å²) in [5.41, 5.74) is 1.01. The summed E-state index contributed by atoms with van der Waals surface area (Å²) < 4.78 is 57.8. The molecule has 0 fully saturated rings. The Kier molecular flexibility index (Phi) is 8.21. The number of ether oxygens (including phenoxy) is 2. The van der Waals surface area contributed by atoms with Crippen LogP contribution in [0.15, 0.2) is 30.3 Å². The van der Waals surface area contributed by atoms with E-state index in [1.165, 1.54) is 0 Å². The van der Waals surface area contributed by atoms with Crippen LogP contribution in [0.25, 0.3) is 0 Å². The van der Waals surface area contributed by atoms with Gasteiger partial charge in [-0.05, 0) is 12.0 Å². The van der Waals surface area contributed by atoms with Crippen LogP contribution < -0.4 is 0 Å². The lowest BCUT2D eigenvalue weighted by Crippen LogP contribution is -2.33. The number of carbonyl (C=O) groups excluding carboxylic acids is 2. The van der Waals surface area contributed by atoms with Crippen molar-refractivity contribution in [3.63, 3.8) is 0 Å². The molecule has 1 aromatic carbocycles. The van der Waals surface area contributed by atoms with Crippen LogP contribution in [0.1, 0.15) is 24.8 Å². The van der Waals surface area contributed by atoms with Crippen LogP contribution in [0.5, 0.6) is 0 Å². The van der Waals surface area contributed by atoms with Gasteiger partial charge in [0.15, 0.2) is 6.61 Å². The van der Waals surface area contributed by atoms with Crippen LogP contribution in [0.3, 0.4) is 0 Å². The molecule has 0 aromatic heterocycles. The van der Waals surface area contributed by atoms with Crippen LogP contribution in [-0.2, 0) is 25.5 Å². The van der Waals surface area contributed by atoms with Crippen molar-refractivity contribution in [3.05, 3.63) is 35.9 Å². The summed E-state index contributed by atoms with van der Waals surface area (Å²) in [4.78, 5) is 22.6. The average Bonchev–Trinajstić information content (AvgIpc) is 2.54. The lowest BCUT2D eigenvalue weighted by molar-refractivity contribution is -0.179. The van der Waals surface area contributed by atoms with Crippen molar-refractivity contribution in [2.24, 2.45) is 0 Å². The number of esters is 2. The lowest BCUT2D eigenvalue weighted by Gasteiger charge is -2.14. The van der Waals surface area contributed by atoms with Crippen molar-refractivity contribution in [2.45, 2.75) is 38.0 Å². The quantitative estimate of drug-likeness (QED) is 0.479. The van der Waals surface area contributed by atoms with Crippen molar-refractivity contribution in [1.82, 2.24) is 0 Å². The average molecular weight is 350 g/mol. The highest BCUT2D eigenvalue weighted by Gasteiger charge is 2.42. The summed E-state index contributed by atoms with van der Waals surface area (Å²) >= 11 is 0. The maximum Gasteiger partial charge on any atom is 0.340 e. The van der Waals surface area contributed by atoms with Gasteiger partial charge in [0.2, 0.25) is 0 Å². The molecule has 0 bridgehead atoms. The molecule has 24 heavy (non-hydrogen) atoms. The minimum Gasteiger partial charge on any atom is -0.465 e. The lowest BCUT2D eigenvalue weighted by atomic mass is 10.2. The zero-order chi connectivity index (χ0) is 18.0. The van der Waals surface area contributed by atoms with E-state index >= 15 is 0 Å². The highest BCUT2D eigenvalue weighted by atomic mass is 19.3. The summed E-state index contributed by atoms with van der Waals surface area (Å²) in [6.45, 7) is -1.49. The molecule has 0 saturated carbocycles. The highest BCUT2D eigenvalue weighted by molar-refractivity contribution is 5.72. The second kappa shape index (κ2) is 9.89. The molecule has 0 unspecified atom stereocenters. The van der Waals surface area contributed by atoms with Crippen molar-refractivity contribution >= 4 is 11.9 Å². The summed E-state index contributed by atoms with van der Waals surface area (Å²) in [5, 5.41) is 0. The summed E-state index contributed by atoms with van der Waals surface area (Å²) in [5.74, 6) is -5.96. The summed E-state index contributed by atoms with van der Waals surface area (Å²) in [6, 6.07) is 9.37. The van der Waals surface area contributed by atoms with Gasteiger partial charge in [-0.2, -0.15) is 8.78 Å². The molecule has 0 saturated heterocycles. The number of benzene rings is 1. The van der Waals surface area contributed by atoms with Gasteiger partial charge in [0.25, 0.3) is 0 Å². The Bertz CT molecular complexity index is 520. The molecular formula is C16H18F4O4. The topological polar surface area (TPSA) is 52.6 Å². The number of hydrogen-bond acceptors (Lipinski definition) is 4. The molecule has 0 atom stereocenters. The molecule has 0 N–H and O–H groups in total. The minimum absolute atomic E-state index is 0.0310. The monoisotopic (exact) mass is 350 g/mol. The third-order valence-electron chi connectivity index (χ3n) is 3.00. The van der Waals surface area contributed by atoms with Gasteiger partial charge in [-0.1, -0.05) is 30.3 Å². The molecule has 134 valence electrons. The van der Waals surface area contributed by atoms with Crippen molar-refractivity contribution in [2.75, 3.05) is 13.2 Å². The molecule has 0 spiro atoms. The molecule has 1 aromatic rings. The van der Waals surface area contributed by atoms with Gasteiger partial charge >= 0.3 is 24.3 Å². The number of halogens is 4. The first-order valence-electron chi connectivity index (χ1n) is 7.32. The van der Waals surface area contributed by atoms with Gasteiger partial charge in [-0.25, -0.2) is 8.78 Å². The molecule has 0 radical (unpaired) electrons. The summed E-state index contributed by atoms with van der Waals surface area (Å²) in [6.07, 6.45) is -3.73. The Balaban J connectivity index is 2.11. The van der Waals surface area contributed by atoms with Gasteiger partial charge in [0.1, 0.15) is 0 Å². The van der Waals surface area contributed by atoms with Crippen LogP contribution in [-0.4, -0.2) is 37.5 Å². The van der Waals surface area contributed by atoms with E-state index in [0.717, 1.165) is 5.56 Å². The third kappa shape index (κ3) is 7.94. The fourth-order valence-corrected chi connectivity index (χ4v) is 1.69. The first kappa shape index (κ1) is 19.9. The second-order valence-electron chi connectivity index (χ2n) is 5.03. The molecule has 0 heterocycles. The molecule has 0 aliphatic heterocycles. The van der Waals surface area contributed by atoms with Gasteiger partial charge in [-0.15, -0.1) is 0 Å². The van der Waals surface area contributed by atoms with E-state index in [1.807, 2.05) is 30.3 Å². The maximum absolute atomic E-state index is 12.5. The molecule has 4 nitrogen and oxygen atoms in total. The standard InChI is InChI=1S/C16H18F4O4/c17-15(18)16(19,20)11-24-14(22)8-4-7-13(21)23-10-9-12-5-2-1-3-6-12/h1-3,5-6,15H,4,7-11H2. The number of hydrogen-bond donors (Lipinski definition) is 0. The predicted molar refractivity (Wildman–Crippen MR) is 76.9 cm³/mol. The van der Waals surface area contributed by atoms with E-state index in [2.05, 4.69) is 4.74 Å². The third-order valence-corrected chi connectivity index (χ3v) is 3.00. The van der Waals surface area contributed by atoms with Crippen molar-refractivity contribution in [1.29, 1.82) is 0 Å². The Labute approximate surface area is 136 Å². The largest absolute Gasteiger partial charge is 0.465 e. The van der Waals surface area contributed by atoms with Crippen LogP contribution in [0, 0.1) is 0 Å². The molecule has 0 aliphatic carbocycles. The van der Waals surface area contributed by atoms with E-state index in [-0.39, 0.29) is 25.9 Å². The number of alkyl halides is 4. The van der Waals surface area contributed by atoms with Gasteiger partial charge in [-0.3, -0.25) is 9.59 Å². The van der Waals surface area contributed by atoms with Crippen LogP contribution >= 0.6 is 0 Å². The zero-order valence-electron chi connectivity index (χ0n) is 12.9. The fourth-order valence-electron chi connectivity index (χ4n) is 1.69. The Morgan fingerprint density at radius 1 is 1.00 bits per heavy atom. The van der Waals surface area contributed by atoms with Gasteiger partial charge in [0, 0.05) is 19.3 Å². The van der Waals surface area contributed by atoms with E-state index in [4.69, 9.17) is 4.74 Å². The normalized spacial score (nSPS) is 11.4. The van der Waals surface area contributed by atoms with Crippen molar-refractivity contribution < 1.29 is 36.6 Å².